The summed E-state index contributed by atoms with van der Waals surface area (Å²) in [4.78, 5) is 81.2. The molecule has 7 rings (SSSR count). The minimum atomic E-state index is -5.10. The summed E-state index contributed by atoms with van der Waals surface area (Å²) in [5, 5.41) is 15.0. The summed E-state index contributed by atoms with van der Waals surface area (Å²) in [5.41, 5.74) is 0.404. The number of nitrogens with zero attached hydrogens (tertiary/aromatic N) is 5. The zero-order chi connectivity index (χ0) is 51.4. The fraction of sp³-hybridized carbons (Fsp3) is 0.549. The smallest absolute Gasteiger partial charge is 0.453 e. The summed E-state index contributed by atoms with van der Waals surface area (Å²) < 4.78 is 56.8. The van der Waals surface area contributed by atoms with Gasteiger partial charge in [-0.2, -0.15) is 0 Å². The Kier molecular flexibility index (Phi) is 16.7. The maximum Gasteiger partial charge on any atom is 0.573 e. The molecule has 3 saturated heterocycles. The van der Waals surface area contributed by atoms with E-state index in [2.05, 4.69) is 34.2 Å². The summed E-state index contributed by atoms with van der Waals surface area (Å²) >= 11 is 6.66. The lowest BCUT2D eigenvalue weighted by atomic mass is 9.85. The van der Waals surface area contributed by atoms with Crippen molar-refractivity contribution >= 4 is 58.9 Å². The number of aliphatic hydroxyl groups is 1. The van der Waals surface area contributed by atoms with Crippen LogP contribution < -0.4 is 20.3 Å². The first-order valence-electron chi connectivity index (χ1n) is 24.1. The Bertz CT molecular complexity index is 2450. The van der Waals surface area contributed by atoms with E-state index in [0.29, 0.717) is 94.2 Å². The van der Waals surface area contributed by atoms with E-state index >= 15 is 0 Å². The minimum Gasteiger partial charge on any atom is -0.453 e. The maximum absolute atomic E-state index is 14.4. The number of benzene rings is 2. The molecule has 4 amide bonds. The molecule has 20 heteroatoms. The molecule has 1 aromatic heterocycles. The molecule has 7 unspecified atom stereocenters. The zero-order valence-electron chi connectivity index (χ0n) is 40.8. The molecule has 4 aliphatic heterocycles. The standard InChI is InChI=1S/C51H63ClF3N7O9/c1-29-21-41(62(25-29)47(66)45(59-49(68)69-6)34-15-19-70-20-16-34)44-30(2)7-13-36(40(27-63)57-44)32-8-10-33(11-9-32)37-22-38(52)39(23-42(37)71-51(53,54)55)58-46(65)35-12-14-43(56-24-35)61-18-17-60(26-31(61)3)48(67)50(4,5)28-64/h8-12,14,22-24,27,29-31,34,36,41,44-45,64H,7,13,15-21,25-26,28H2,1-6H3,(H,58,65)(H,59,68). The molecule has 0 saturated carbocycles. The Morgan fingerprint density at radius 3 is 2.32 bits per heavy atom. The second-order valence-corrected chi connectivity index (χ2v) is 20.3. The number of piperazine rings is 1. The van der Waals surface area contributed by atoms with Gasteiger partial charge < -0.3 is 44.7 Å². The van der Waals surface area contributed by atoms with Gasteiger partial charge in [0.2, 0.25) is 11.8 Å². The van der Waals surface area contributed by atoms with Crippen LogP contribution >= 0.6 is 11.6 Å². The first-order valence-corrected chi connectivity index (χ1v) is 24.5. The number of amides is 4. The number of aliphatic hydroxyl groups excluding tert-OH is 1. The number of alkyl halides is 3. The number of alkyl carbamates (subject to hydrolysis) is 1. The summed E-state index contributed by atoms with van der Waals surface area (Å²) in [6.07, 6.45) is -0.652. The summed E-state index contributed by atoms with van der Waals surface area (Å²) in [6, 6.07) is 10.5. The predicted molar refractivity (Wildman–Crippen MR) is 261 cm³/mol. The van der Waals surface area contributed by atoms with Crippen LogP contribution in [0.15, 0.2) is 59.7 Å². The van der Waals surface area contributed by atoms with Crippen LogP contribution in [0.4, 0.5) is 29.5 Å². The number of hydrogen-bond acceptors (Lipinski definition) is 12. The molecule has 3 fully saturated rings. The molecule has 2 aromatic carbocycles. The molecule has 4 aliphatic rings. The SMILES string of the molecule is COC(=O)NC(C(=O)N1CC(C)CC1C1N=C(C=O)C(c2ccc(-c3cc(Cl)c(NC(=O)c4ccc(N5CCN(C(=O)C(C)(C)CO)CC5C)nc4)cc3OC(F)(F)F)cc2)CCC1C)C1CCOCC1. The van der Waals surface area contributed by atoms with Gasteiger partial charge in [0.1, 0.15) is 17.6 Å². The van der Waals surface area contributed by atoms with E-state index in [-0.39, 0.29) is 70.1 Å². The van der Waals surface area contributed by atoms with Crippen molar-refractivity contribution in [2.45, 2.75) is 103 Å². The topological polar surface area (TPSA) is 192 Å². The van der Waals surface area contributed by atoms with Gasteiger partial charge in [-0.1, -0.05) is 49.7 Å². The van der Waals surface area contributed by atoms with Gasteiger partial charge in [0, 0.05) is 69.2 Å². The van der Waals surface area contributed by atoms with Crippen molar-refractivity contribution < 1.29 is 56.5 Å². The maximum atomic E-state index is 14.4. The van der Waals surface area contributed by atoms with Crippen molar-refractivity contribution in [2.75, 3.05) is 63.3 Å². The number of ether oxygens (including phenoxy) is 3. The molecule has 0 aliphatic carbocycles. The van der Waals surface area contributed by atoms with Crippen molar-refractivity contribution in [3.8, 4) is 16.9 Å². The van der Waals surface area contributed by atoms with Crippen LogP contribution in [0.3, 0.4) is 0 Å². The number of aromatic nitrogens is 1. The molecule has 71 heavy (non-hydrogen) atoms. The number of nitrogens with one attached hydrogen (secondary N) is 2. The number of pyridine rings is 1. The van der Waals surface area contributed by atoms with Gasteiger partial charge in [-0.3, -0.25) is 24.2 Å². The van der Waals surface area contributed by atoms with Crippen molar-refractivity contribution in [1.82, 2.24) is 20.1 Å². The van der Waals surface area contributed by atoms with Crippen molar-refractivity contribution in [2.24, 2.45) is 28.2 Å². The molecule has 3 aromatic rings. The number of likely N-dealkylation sites (tertiary alicyclic amines) is 1. The second kappa shape index (κ2) is 22.3. The second-order valence-electron chi connectivity index (χ2n) is 19.9. The monoisotopic (exact) mass is 1010 g/mol. The fourth-order valence-corrected chi connectivity index (χ4v) is 10.6. The van der Waals surface area contributed by atoms with E-state index in [1.165, 1.54) is 25.4 Å². The minimum absolute atomic E-state index is 0.00146. The number of halogens is 4. The lowest BCUT2D eigenvalue weighted by Gasteiger charge is -2.42. The molecule has 0 radical (unpaired) electrons. The third-order valence-electron chi connectivity index (χ3n) is 14.3. The van der Waals surface area contributed by atoms with Crippen LogP contribution in [0, 0.1) is 23.2 Å². The van der Waals surface area contributed by atoms with Crippen LogP contribution in [0.25, 0.3) is 11.1 Å². The number of aliphatic imine (C=N–C) groups is 1. The van der Waals surface area contributed by atoms with E-state index in [1.54, 1.807) is 49.1 Å². The third kappa shape index (κ3) is 12.3. The summed E-state index contributed by atoms with van der Waals surface area (Å²) in [5.74, 6) is -1.57. The van der Waals surface area contributed by atoms with E-state index in [0.717, 1.165) is 12.4 Å². The van der Waals surface area contributed by atoms with Crippen LogP contribution in [-0.4, -0.2) is 139 Å². The quantitative estimate of drug-likeness (QED) is 0.144. The highest BCUT2D eigenvalue weighted by atomic mass is 35.5. The molecule has 5 heterocycles. The molecular weight excluding hydrogens is 947 g/mol. The number of methoxy groups -OCH3 is 1. The Hall–Kier alpha value is -5.79. The van der Waals surface area contributed by atoms with Gasteiger partial charge in [-0.05, 0) is 100.0 Å². The number of anilines is 2. The van der Waals surface area contributed by atoms with Gasteiger partial charge >= 0.3 is 12.5 Å². The normalized spacial score (nSPS) is 23.8. The molecule has 0 bridgehead atoms. The number of carbonyl (C=O) groups excluding carboxylic acids is 5. The summed E-state index contributed by atoms with van der Waals surface area (Å²) in [7, 11) is 1.26. The molecular formula is C51H63ClF3N7O9. The van der Waals surface area contributed by atoms with E-state index in [4.69, 9.17) is 26.1 Å². The Morgan fingerprint density at radius 2 is 1.70 bits per heavy atom. The van der Waals surface area contributed by atoms with E-state index in [9.17, 15) is 42.3 Å². The van der Waals surface area contributed by atoms with Gasteiger partial charge in [-0.25, -0.2) is 9.78 Å². The highest BCUT2D eigenvalue weighted by Gasteiger charge is 2.46. The zero-order valence-corrected chi connectivity index (χ0v) is 41.6. The first kappa shape index (κ1) is 53.0. The van der Waals surface area contributed by atoms with E-state index < -0.39 is 47.5 Å². The highest BCUT2D eigenvalue weighted by molar-refractivity contribution is 6.34. The number of rotatable bonds is 13. The average molecular weight is 1010 g/mol. The number of aldehydes is 1. The third-order valence-corrected chi connectivity index (χ3v) is 14.6. The highest BCUT2D eigenvalue weighted by Crippen LogP contribution is 2.42. The predicted octanol–water partition coefficient (Wildman–Crippen LogP) is 7.52. The molecule has 16 nitrogen and oxygen atoms in total. The lowest BCUT2D eigenvalue weighted by Crippen LogP contribution is -2.56. The lowest BCUT2D eigenvalue weighted by molar-refractivity contribution is -0.274. The van der Waals surface area contributed by atoms with Crippen LogP contribution in [0.1, 0.15) is 88.6 Å². The molecule has 384 valence electrons. The number of hydrogen-bond donors (Lipinski definition) is 3. The van der Waals surface area contributed by atoms with Crippen LogP contribution in [0.5, 0.6) is 5.75 Å². The molecule has 3 N–H and O–H groups in total. The van der Waals surface area contributed by atoms with Gasteiger partial charge in [0.05, 0.1) is 53.2 Å². The summed E-state index contributed by atoms with van der Waals surface area (Å²) in [6.45, 7) is 11.9. The van der Waals surface area contributed by atoms with Gasteiger partial charge in [0.25, 0.3) is 5.91 Å². The molecule has 7 atom stereocenters. The Morgan fingerprint density at radius 1 is 0.986 bits per heavy atom. The fourth-order valence-electron chi connectivity index (χ4n) is 10.4. The van der Waals surface area contributed by atoms with Gasteiger partial charge in [-0.15, -0.1) is 13.2 Å². The largest absolute Gasteiger partial charge is 0.573 e. The van der Waals surface area contributed by atoms with Crippen molar-refractivity contribution in [3.05, 3.63) is 70.9 Å². The number of carbonyl (C=O) groups is 5. The van der Waals surface area contributed by atoms with Crippen LogP contribution in [0.2, 0.25) is 5.02 Å². The Balaban J connectivity index is 1.07. The average Bonchev–Trinajstić information content (AvgIpc) is 3.66. The van der Waals surface area contributed by atoms with Gasteiger partial charge in [0.15, 0.2) is 6.29 Å². The Labute approximate surface area is 416 Å². The van der Waals surface area contributed by atoms with Crippen molar-refractivity contribution in [1.29, 1.82) is 0 Å². The molecule has 0 spiro atoms. The first-order chi connectivity index (χ1) is 33.7. The van der Waals surface area contributed by atoms with Crippen molar-refractivity contribution in [3.63, 3.8) is 0 Å². The van der Waals surface area contributed by atoms with E-state index in [1.807, 2.05) is 16.7 Å². The van der Waals surface area contributed by atoms with Crippen LogP contribution in [-0.2, 0) is 23.9 Å².